The molecule has 8 heteroatoms. The van der Waals surface area contributed by atoms with Crippen molar-refractivity contribution in [3.05, 3.63) is 29.3 Å². The number of rotatable bonds is 4. The summed E-state index contributed by atoms with van der Waals surface area (Å²) in [5, 5.41) is 0.454. The Labute approximate surface area is 126 Å². The van der Waals surface area contributed by atoms with Gasteiger partial charge in [0.2, 0.25) is 7.60 Å². The Morgan fingerprint density at radius 3 is 2.41 bits per heavy atom. The minimum atomic E-state index is -4.60. The molecule has 0 N–H and O–H groups in total. The first-order valence-electron chi connectivity index (χ1n) is 4.39. The first-order valence-corrected chi connectivity index (χ1v) is 6.31. The predicted molar refractivity (Wildman–Crippen MR) is 56.7 cm³/mol. The van der Waals surface area contributed by atoms with E-state index in [1.54, 1.807) is 0 Å². The molecule has 0 aliphatic carbocycles. The van der Waals surface area contributed by atoms with Crippen LogP contribution >= 0.6 is 19.2 Å². The van der Waals surface area contributed by atoms with Gasteiger partial charge in [0.25, 0.3) is 0 Å². The van der Waals surface area contributed by atoms with E-state index in [-0.39, 0.29) is 41.9 Å². The van der Waals surface area contributed by atoms with Gasteiger partial charge in [-0.1, -0.05) is 11.6 Å². The molecular weight excluding hydrogens is 278 g/mol. The first-order chi connectivity index (χ1) is 7.45. The number of halogens is 1. The molecule has 0 fully saturated rings. The summed E-state index contributed by atoms with van der Waals surface area (Å²) in [6.45, 7) is 1.34. The van der Waals surface area contributed by atoms with Gasteiger partial charge in [0.05, 0.1) is 6.61 Å². The van der Waals surface area contributed by atoms with Crippen molar-refractivity contribution < 1.29 is 53.1 Å². The van der Waals surface area contributed by atoms with Crippen molar-refractivity contribution in [1.29, 1.82) is 0 Å². The maximum Gasteiger partial charge on any atom is 1.00 e. The normalized spacial score (nSPS) is 13.4. The molecule has 1 aromatic carbocycles. The van der Waals surface area contributed by atoms with Gasteiger partial charge in [-0.25, -0.2) is 4.79 Å². The molecule has 0 saturated heterocycles. The Hall–Kier alpha value is 0.130. The zero-order valence-electron chi connectivity index (χ0n) is 9.38. The monoisotopic (exact) mass is 286 g/mol. The van der Waals surface area contributed by atoms with E-state index < -0.39 is 13.3 Å². The Balaban J connectivity index is 0.00000256. The summed E-state index contributed by atoms with van der Waals surface area (Å²) in [6, 6.07) is 5.71. The molecule has 0 saturated carbocycles. The van der Waals surface area contributed by atoms with E-state index in [1.165, 1.54) is 31.2 Å². The van der Waals surface area contributed by atoms with Gasteiger partial charge in [0.15, 0.2) is 0 Å². The number of carbonyl (C=O) groups is 1. The molecule has 0 amide bonds. The first kappa shape index (κ1) is 17.1. The van der Waals surface area contributed by atoms with E-state index in [0.29, 0.717) is 5.02 Å². The van der Waals surface area contributed by atoms with Crippen LogP contribution in [0.3, 0.4) is 0 Å². The Morgan fingerprint density at radius 1 is 1.41 bits per heavy atom. The Kier molecular flexibility index (Phi) is 7.60. The smallest absolute Gasteiger partial charge is 0.770 e. The fourth-order valence-electron chi connectivity index (χ4n) is 0.882. The summed E-state index contributed by atoms with van der Waals surface area (Å²) in [7, 11) is -4.60. The third kappa shape index (κ3) is 5.53. The summed E-state index contributed by atoms with van der Waals surface area (Å²) in [4.78, 5) is 22.3. The van der Waals surface area contributed by atoms with Crippen LogP contribution < -0.4 is 39.2 Å². The Morgan fingerprint density at radius 2 is 1.94 bits per heavy atom. The number of hydrogen-bond acceptors (Lipinski definition) is 5. The number of hydrogen-bond donors (Lipinski definition) is 0. The zero-order chi connectivity index (χ0) is 12.2. The van der Waals surface area contributed by atoms with E-state index in [0.717, 1.165) is 0 Å². The van der Waals surface area contributed by atoms with Crippen molar-refractivity contribution in [2.24, 2.45) is 0 Å². The Bertz CT molecular complexity index is 422. The van der Waals surface area contributed by atoms with Gasteiger partial charge in [-0.3, -0.25) is 4.57 Å². The molecule has 1 rings (SSSR count). The largest absolute Gasteiger partial charge is 1.00 e. The second-order valence-corrected chi connectivity index (χ2v) is 4.79. The third-order valence-electron chi connectivity index (χ3n) is 1.54. The molecule has 5 nitrogen and oxygen atoms in total. The average molecular weight is 287 g/mol. The van der Waals surface area contributed by atoms with Crippen LogP contribution in [0, 0.1) is 0 Å². The standard InChI is InChI=1S/C9H10ClO5P.Na/c1-2-14-16(12,13)9(11)15-8-5-3-7(10)4-6-8;/h3-6H,2H2,1H3,(H,12,13);/q;+1/p-1. The second-order valence-electron chi connectivity index (χ2n) is 2.74. The van der Waals surface area contributed by atoms with Crippen LogP contribution in [-0.4, -0.2) is 12.3 Å². The van der Waals surface area contributed by atoms with E-state index in [4.69, 9.17) is 11.6 Å². The average Bonchev–Trinajstić information content (AvgIpc) is 2.21. The molecule has 0 spiro atoms. The van der Waals surface area contributed by atoms with Gasteiger partial charge in [0, 0.05) is 5.02 Å². The van der Waals surface area contributed by atoms with Crippen LogP contribution in [0.2, 0.25) is 5.02 Å². The van der Waals surface area contributed by atoms with Crippen LogP contribution in [-0.2, 0) is 9.09 Å². The maximum atomic E-state index is 11.2. The van der Waals surface area contributed by atoms with Crippen LogP contribution in [0.1, 0.15) is 6.92 Å². The number of ether oxygens (including phenoxy) is 1. The van der Waals surface area contributed by atoms with Crippen molar-refractivity contribution in [3.8, 4) is 5.75 Å². The van der Waals surface area contributed by atoms with Gasteiger partial charge in [-0.2, -0.15) is 0 Å². The fourth-order valence-corrected chi connectivity index (χ4v) is 1.67. The molecule has 0 aromatic heterocycles. The van der Waals surface area contributed by atoms with Crippen molar-refractivity contribution in [1.82, 2.24) is 0 Å². The predicted octanol–water partition coefficient (Wildman–Crippen LogP) is -0.567. The van der Waals surface area contributed by atoms with Crippen molar-refractivity contribution in [2.75, 3.05) is 6.61 Å². The number of carbonyl (C=O) groups excluding carboxylic acids is 1. The SMILES string of the molecule is CCOP(=O)([O-])C(=O)Oc1ccc(Cl)cc1.[Na+]. The van der Waals surface area contributed by atoms with Gasteiger partial charge in [-0.15, -0.1) is 0 Å². The minimum Gasteiger partial charge on any atom is -0.770 e. The summed E-state index contributed by atoms with van der Waals surface area (Å²) in [5.74, 6) is 0.0881. The second kappa shape index (κ2) is 7.54. The fraction of sp³-hybridized carbons (Fsp3) is 0.222. The van der Waals surface area contributed by atoms with Crippen LogP contribution in [0.25, 0.3) is 0 Å². The molecular formula is C9H9ClNaO5P. The summed E-state index contributed by atoms with van der Waals surface area (Å²) in [5.41, 5.74) is -1.42. The summed E-state index contributed by atoms with van der Waals surface area (Å²) in [6.07, 6.45) is 0. The third-order valence-corrected chi connectivity index (χ3v) is 2.93. The van der Waals surface area contributed by atoms with Crippen molar-refractivity contribution in [2.45, 2.75) is 6.92 Å². The molecule has 88 valence electrons. The molecule has 1 unspecified atom stereocenters. The van der Waals surface area contributed by atoms with E-state index in [1.807, 2.05) is 0 Å². The van der Waals surface area contributed by atoms with Gasteiger partial charge >= 0.3 is 35.3 Å². The molecule has 0 heterocycles. The van der Waals surface area contributed by atoms with E-state index >= 15 is 0 Å². The van der Waals surface area contributed by atoms with Gasteiger partial charge in [0.1, 0.15) is 5.75 Å². The molecule has 0 radical (unpaired) electrons. The molecule has 0 aliphatic rings. The molecule has 0 bridgehead atoms. The number of benzene rings is 1. The molecule has 1 atom stereocenters. The van der Waals surface area contributed by atoms with Crippen LogP contribution in [0.5, 0.6) is 5.75 Å². The van der Waals surface area contributed by atoms with E-state index in [2.05, 4.69) is 9.26 Å². The molecule has 1 aromatic rings. The van der Waals surface area contributed by atoms with Gasteiger partial charge < -0.3 is 14.2 Å². The van der Waals surface area contributed by atoms with Crippen molar-refractivity contribution >= 4 is 24.9 Å². The molecule has 17 heavy (non-hydrogen) atoms. The van der Waals surface area contributed by atoms with Crippen LogP contribution in [0.15, 0.2) is 24.3 Å². The summed E-state index contributed by atoms with van der Waals surface area (Å²) >= 11 is 5.61. The zero-order valence-corrected chi connectivity index (χ0v) is 13.0. The van der Waals surface area contributed by atoms with Crippen LogP contribution in [0.4, 0.5) is 4.79 Å². The molecule has 0 aliphatic heterocycles. The quantitative estimate of drug-likeness (QED) is 0.547. The maximum absolute atomic E-state index is 11.2. The summed E-state index contributed by atoms with van der Waals surface area (Å²) < 4.78 is 20.0. The van der Waals surface area contributed by atoms with Crippen molar-refractivity contribution in [3.63, 3.8) is 0 Å². The minimum absolute atomic E-state index is 0. The topological polar surface area (TPSA) is 75.7 Å². The van der Waals surface area contributed by atoms with Gasteiger partial charge in [-0.05, 0) is 31.2 Å². The van der Waals surface area contributed by atoms with E-state index in [9.17, 15) is 14.3 Å².